The highest BCUT2D eigenvalue weighted by molar-refractivity contribution is 5.96. The van der Waals surface area contributed by atoms with Gasteiger partial charge in [0.15, 0.2) is 6.04 Å². The van der Waals surface area contributed by atoms with Crippen molar-refractivity contribution in [1.29, 1.82) is 0 Å². The normalized spacial score (nSPS) is 19.6. The zero-order valence-corrected chi connectivity index (χ0v) is 27.3. The summed E-state index contributed by atoms with van der Waals surface area (Å²) < 4.78 is 0. The van der Waals surface area contributed by atoms with E-state index in [0.717, 1.165) is 0 Å². The first-order chi connectivity index (χ1) is 22.0. The SMILES string of the molecule is CC[C@H](C)[C@H](NC(=O)[C@H](C)NC(=O)[C@H](Cc1ccc(O)cc1)NC(=O)[C@@H]1CCCN1C(=O)[C@@H](N)[C@@H](C)O)C(=O)N[C@H](C(=O)O)[C@@H](C)O. The molecule has 262 valence electrons. The number of carboxylic acid groups (broad SMARTS) is 1. The molecule has 0 bridgehead atoms. The van der Waals surface area contributed by atoms with E-state index in [0.29, 0.717) is 24.8 Å². The van der Waals surface area contributed by atoms with E-state index in [2.05, 4.69) is 21.3 Å². The van der Waals surface area contributed by atoms with Crippen molar-refractivity contribution in [3.8, 4) is 5.75 Å². The molecule has 1 aliphatic rings. The Morgan fingerprint density at radius 1 is 0.872 bits per heavy atom. The van der Waals surface area contributed by atoms with Crippen LogP contribution in [0.1, 0.15) is 59.4 Å². The lowest BCUT2D eigenvalue weighted by Crippen LogP contribution is -2.60. The van der Waals surface area contributed by atoms with E-state index in [1.165, 1.54) is 37.8 Å². The minimum Gasteiger partial charge on any atom is -0.508 e. The average molecular weight is 665 g/mol. The number of aromatic hydroxyl groups is 1. The van der Waals surface area contributed by atoms with Crippen molar-refractivity contribution in [1.82, 2.24) is 26.2 Å². The van der Waals surface area contributed by atoms with Gasteiger partial charge >= 0.3 is 5.97 Å². The maximum absolute atomic E-state index is 13.5. The average Bonchev–Trinajstić information content (AvgIpc) is 3.51. The van der Waals surface area contributed by atoms with Gasteiger partial charge in [-0.15, -0.1) is 0 Å². The first kappa shape index (κ1) is 38.9. The molecule has 1 aliphatic heterocycles. The molecule has 1 fully saturated rings. The summed E-state index contributed by atoms with van der Waals surface area (Å²) in [6.07, 6.45) is -1.38. The molecule has 0 aliphatic carbocycles. The van der Waals surface area contributed by atoms with Crippen LogP contribution < -0.4 is 27.0 Å². The number of carboxylic acids is 1. The zero-order valence-electron chi connectivity index (χ0n) is 27.3. The molecule has 5 amide bonds. The molecule has 0 unspecified atom stereocenters. The maximum Gasteiger partial charge on any atom is 0.328 e. The topological polar surface area (TPSA) is 261 Å². The monoisotopic (exact) mass is 664 g/mol. The van der Waals surface area contributed by atoms with Gasteiger partial charge in [0.1, 0.15) is 36.0 Å². The van der Waals surface area contributed by atoms with Gasteiger partial charge in [-0.2, -0.15) is 0 Å². The van der Waals surface area contributed by atoms with E-state index >= 15 is 0 Å². The van der Waals surface area contributed by atoms with Gasteiger partial charge in [0.2, 0.25) is 29.5 Å². The van der Waals surface area contributed by atoms with Crippen molar-refractivity contribution < 1.29 is 49.2 Å². The maximum atomic E-state index is 13.5. The van der Waals surface area contributed by atoms with E-state index in [4.69, 9.17) is 5.73 Å². The molecule has 2 rings (SSSR count). The van der Waals surface area contributed by atoms with Gasteiger partial charge < -0.3 is 52.3 Å². The Kier molecular flexibility index (Phi) is 14.6. The first-order valence-corrected chi connectivity index (χ1v) is 15.6. The molecule has 0 radical (unpaired) electrons. The van der Waals surface area contributed by atoms with Gasteiger partial charge in [0.05, 0.1) is 12.2 Å². The summed E-state index contributed by atoms with van der Waals surface area (Å²) in [4.78, 5) is 78.7. The standard InChI is InChI=1S/C31H48N6O10/c1-6-15(2)24(29(44)36-25(18(5)39)31(46)47)35-26(41)16(3)33-27(42)21(14-19-9-11-20(40)12-10-19)34-28(43)22-8-7-13-37(22)30(45)23(32)17(4)38/h9-12,15-18,21-25,38-40H,6-8,13-14,32H2,1-5H3,(H,33,42)(H,34,43)(H,35,41)(H,36,44)(H,46,47)/t15-,16-,17+,18+,21-,22-,23-,24-,25-/m0/s1. The summed E-state index contributed by atoms with van der Waals surface area (Å²) in [7, 11) is 0. The highest BCUT2D eigenvalue weighted by Crippen LogP contribution is 2.20. The van der Waals surface area contributed by atoms with E-state index in [-0.39, 0.29) is 18.7 Å². The van der Waals surface area contributed by atoms with Crippen LogP contribution >= 0.6 is 0 Å². The van der Waals surface area contributed by atoms with Crippen molar-refractivity contribution in [2.45, 2.75) is 109 Å². The molecule has 1 aromatic rings. The second-order valence-corrected chi connectivity index (χ2v) is 12.1. The van der Waals surface area contributed by atoms with Gasteiger partial charge in [-0.3, -0.25) is 24.0 Å². The quantitative estimate of drug-likeness (QED) is 0.0943. The Hall–Kier alpha value is -4.28. The smallest absolute Gasteiger partial charge is 0.328 e. The number of benzene rings is 1. The number of amides is 5. The number of likely N-dealkylation sites (tertiary alicyclic amines) is 1. The number of rotatable bonds is 16. The molecule has 10 N–H and O–H groups in total. The Morgan fingerprint density at radius 3 is 2.00 bits per heavy atom. The number of aliphatic hydroxyl groups excluding tert-OH is 2. The zero-order chi connectivity index (χ0) is 35.6. The van der Waals surface area contributed by atoms with E-state index in [1.807, 2.05) is 0 Å². The van der Waals surface area contributed by atoms with Gasteiger partial charge in [0, 0.05) is 13.0 Å². The third kappa shape index (κ3) is 10.9. The van der Waals surface area contributed by atoms with Gasteiger partial charge in [-0.05, 0) is 57.2 Å². The highest BCUT2D eigenvalue weighted by Gasteiger charge is 2.39. The van der Waals surface area contributed by atoms with Gasteiger partial charge in [-0.25, -0.2) is 4.79 Å². The minimum atomic E-state index is -1.61. The van der Waals surface area contributed by atoms with Crippen LogP contribution in [0.25, 0.3) is 0 Å². The van der Waals surface area contributed by atoms with Crippen molar-refractivity contribution in [3.05, 3.63) is 29.8 Å². The van der Waals surface area contributed by atoms with Crippen molar-refractivity contribution in [2.24, 2.45) is 11.7 Å². The summed E-state index contributed by atoms with van der Waals surface area (Å²) in [6.45, 7) is 7.59. The molecule has 1 heterocycles. The van der Waals surface area contributed by atoms with Crippen molar-refractivity contribution in [2.75, 3.05) is 6.54 Å². The number of hydrogen-bond acceptors (Lipinski definition) is 10. The molecule has 9 atom stereocenters. The van der Waals surface area contributed by atoms with E-state index < -0.39 is 89.9 Å². The van der Waals surface area contributed by atoms with Gasteiger partial charge in [-0.1, -0.05) is 32.4 Å². The predicted octanol–water partition coefficient (Wildman–Crippen LogP) is -1.90. The first-order valence-electron chi connectivity index (χ1n) is 15.6. The molecule has 0 spiro atoms. The summed E-state index contributed by atoms with van der Waals surface area (Å²) in [5.74, 6) is -5.52. The van der Waals surface area contributed by atoms with Crippen molar-refractivity contribution >= 4 is 35.5 Å². The van der Waals surface area contributed by atoms with Crippen LogP contribution in [0.5, 0.6) is 5.75 Å². The number of carbonyl (C=O) groups is 6. The van der Waals surface area contributed by atoms with Crippen LogP contribution in [0.15, 0.2) is 24.3 Å². The minimum absolute atomic E-state index is 0.0124. The molecule has 0 saturated carbocycles. The molecule has 1 aromatic carbocycles. The number of nitrogens with one attached hydrogen (secondary N) is 4. The predicted molar refractivity (Wildman–Crippen MR) is 168 cm³/mol. The van der Waals surface area contributed by atoms with Crippen molar-refractivity contribution in [3.63, 3.8) is 0 Å². The van der Waals surface area contributed by atoms with Crippen LogP contribution in [-0.2, 0) is 35.2 Å². The van der Waals surface area contributed by atoms with Crippen LogP contribution in [0.4, 0.5) is 0 Å². The lowest BCUT2D eigenvalue weighted by molar-refractivity contribution is -0.145. The van der Waals surface area contributed by atoms with Gasteiger partial charge in [0.25, 0.3) is 0 Å². The number of carbonyl (C=O) groups excluding carboxylic acids is 5. The highest BCUT2D eigenvalue weighted by atomic mass is 16.4. The number of phenols is 1. The van der Waals surface area contributed by atoms with E-state index in [1.54, 1.807) is 26.0 Å². The fraction of sp³-hybridized carbons (Fsp3) is 0.613. The number of phenolic OH excluding ortho intramolecular Hbond substituents is 1. The fourth-order valence-electron chi connectivity index (χ4n) is 5.04. The van der Waals surface area contributed by atoms with Crippen LogP contribution in [-0.4, -0.2) is 116 Å². The molecule has 1 saturated heterocycles. The van der Waals surface area contributed by atoms with Crippen LogP contribution in [0.2, 0.25) is 0 Å². The summed E-state index contributed by atoms with van der Waals surface area (Å²) in [5, 5.41) is 48.5. The molecule has 0 aromatic heterocycles. The Labute approximate surface area is 273 Å². The second kappa shape index (κ2) is 17.6. The largest absolute Gasteiger partial charge is 0.508 e. The molecular formula is C31H48N6O10. The fourth-order valence-corrected chi connectivity index (χ4v) is 5.04. The number of aliphatic hydroxyl groups is 2. The number of nitrogens with zero attached hydrogens (tertiary/aromatic N) is 1. The lowest BCUT2D eigenvalue weighted by atomic mass is 9.97. The van der Waals surface area contributed by atoms with Crippen LogP contribution in [0, 0.1) is 5.92 Å². The molecular weight excluding hydrogens is 616 g/mol. The molecule has 47 heavy (non-hydrogen) atoms. The Morgan fingerprint density at radius 2 is 1.47 bits per heavy atom. The molecule has 16 heteroatoms. The third-order valence-electron chi connectivity index (χ3n) is 8.24. The molecule has 16 nitrogen and oxygen atoms in total. The van der Waals surface area contributed by atoms with Crippen LogP contribution in [0.3, 0.4) is 0 Å². The Balaban J connectivity index is 2.23. The second-order valence-electron chi connectivity index (χ2n) is 12.1. The Bertz CT molecular complexity index is 1270. The third-order valence-corrected chi connectivity index (χ3v) is 8.24. The summed E-state index contributed by atoms with van der Waals surface area (Å²) in [6, 6.07) is -1.53. The number of aliphatic carboxylic acids is 1. The lowest BCUT2D eigenvalue weighted by Gasteiger charge is -2.30. The number of nitrogens with two attached hydrogens (primary N) is 1. The van der Waals surface area contributed by atoms with E-state index in [9.17, 15) is 49.2 Å². The summed E-state index contributed by atoms with van der Waals surface area (Å²) >= 11 is 0. The summed E-state index contributed by atoms with van der Waals surface area (Å²) in [5.41, 5.74) is 6.39. The number of hydrogen-bond donors (Lipinski definition) is 9.